The van der Waals surface area contributed by atoms with Crippen molar-refractivity contribution in [1.29, 1.82) is 0 Å². The lowest BCUT2D eigenvalue weighted by molar-refractivity contribution is 0.114. The largest absolute Gasteiger partial charge is 0.399 e. The van der Waals surface area contributed by atoms with E-state index in [1.54, 1.807) is 0 Å². The third kappa shape index (κ3) is 2.98. The zero-order valence-electron chi connectivity index (χ0n) is 9.73. The Labute approximate surface area is 105 Å². The number of nitrogens with one attached hydrogen (secondary N) is 1. The summed E-state index contributed by atoms with van der Waals surface area (Å²) in [6.45, 7) is 0.800. The van der Waals surface area contributed by atoms with E-state index < -0.39 is 20.7 Å². The second kappa shape index (κ2) is 5.21. The summed E-state index contributed by atoms with van der Waals surface area (Å²) in [6, 6.07) is 3.49. The van der Waals surface area contributed by atoms with E-state index in [0.29, 0.717) is 6.61 Å². The Kier molecular flexibility index (Phi) is 3.84. The minimum Gasteiger partial charge on any atom is -0.399 e. The summed E-state index contributed by atoms with van der Waals surface area (Å²) in [6.07, 6.45) is 1.60. The van der Waals surface area contributed by atoms with Crippen molar-refractivity contribution >= 4 is 15.7 Å². The smallest absolute Gasteiger partial charge is 0.243 e. The number of halogens is 1. The third-order valence-electron chi connectivity index (χ3n) is 2.77. The molecule has 0 bridgehead atoms. The van der Waals surface area contributed by atoms with Gasteiger partial charge in [0.1, 0.15) is 10.7 Å². The van der Waals surface area contributed by atoms with Gasteiger partial charge in [-0.2, -0.15) is 0 Å². The van der Waals surface area contributed by atoms with Crippen molar-refractivity contribution in [3.05, 3.63) is 24.0 Å². The summed E-state index contributed by atoms with van der Waals surface area (Å²) >= 11 is 0. The molecule has 7 heteroatoms. The van der Waals surface area contributed by atoms with Crippen LogP contribution in [0.4, 0.5) is 10.1 Å². The standard InChI is InChI=1S/C11H15FN2O3S/c12-10-6-8(13)3-4-11(10)18(15,16)14-7-9-2-1-5-17-9/h3-4,6,9,14H,1-2,5,7,13H2. The lowest BCUT2D eigenvalue weighted by Gasteiger charge is -2.12. The van der Waals surface area contributed by atoms with Gasteiger partial charge in [-0.3, -0.25) is 0 Å². The molecule has 0 aromatic heterocycles. The van der Waals surface area contributed by atoms with Crippen LogP contribution in [0.2, 0.25) is 0 Å². The van der Waals surface area contributed by atoms with Gasteiger partial charge in [-0.1, -0.05) is 0 Å². The molecule has 3 N–H and O–H groups in total. The van der Waals surface area contributed by atoms with Gasteiger partial charge in [0.2, 0.25) is 10.0 Å². The summed E-state index contributed by atoms with van der Waals surface area (Å²) in [7, 11) is -3.86. The summed E-state index contributed by atoms with van der Waals surface area (Å²) < 4.78 is 44.9. The number of hydrogen-bond donors (Lipinski definition) is 2. The SMILES string of the molecule is Nc1ccc(S(=O)(=O)NCC2CCCO2)c(F)c1. The summed E-state index contributed by atoms with van der Waals surface area (Å²) in [5.41, 5.74) is 5.55. The number of nitrogens with two attached hydrogens (primary N) is 1. The fourth-order valence-corrected chi connectivity index (χ4v) is 2.94. The summed E-state index contributed by atoms with van der Waals surface area (Å²) in [5, 5.41) is 0. The van der Waals surface area contributed by atoms with Crippen LogP contribution in [0.3, 0.4) is 0 Å². The number of anilines is 1. The molecule has 5 nitrogen and oxygen atoms in total. The van der Waals surface area contributed by atoms with Crippen LogP contribution in [0.25, 0.3) is 0 Å². The van der Waals surface area contributed by atoms with Crippen LogP contribution >= 0.6 is 0 Å². The Morgan fingerprint density at radius 2 is 2.28 bits per heavy atom. The van der Waals surface area contributed by atoms with Gasteiger partial charge in [-0.15, -0.1) is 0 Å². The molecular weight excluding hydrogens is 259 g/mol. The number of sulfonamides is 1. The topological polar surface area (TPSA) is 81.4 Å². The van der Waals surface area contributed by atoms with Gasteiger partial charge in [0, 0.05) is 18.8 Å². The Bertz CT molecular complexity index is 527. The molecule has 0 amide bonds. The normalized spacial score (nSPS) is 20.2. The van der Waals surface area contributed by atoms with E-state index in [1.165, 1.54) is 6.07 Å². The fraction of sp³-hybridized carbons (Fsp3) is 0.455. The fourth-order valence-electron chi connectivity index (χ4n) is 1.82. The molecule has 1 heterocycles. The van der Waals surface area contributed by atoms with Crippen LogP contribution in [0, 0.1) is 5.82 Å². The van der Waals surface area contributed by atoms with Crippen LogP contribution in [0.5, 0.6) is 0 Å². The van der Waals surface area contributed by atoms with Gasteiger partial charge < -0.3 is 10.5 Å². The van der Waals surface area contributed by atoms with Crippen molar-refractivity contribution in [3.8, 4) is 0 Å². The number of hydrogen-bond acceptors (Lipinski definition) is 4. The quantitative estimate of drug-likeness (QED) is 0.798. The molecule has 2 rings (SSSR count). The molecule has 1 aliphatic heterocycles. The maximum Gasteiger partial charge on any atom is 0.243 e. The minimum absolute atomic E-state index is 0.128. The third-order valence-corrected chi connectivity index (χ3v) is 4.23. The lowest BCUT2D eigenvalue weighted by atomic mass is 10.2. The van der Waals surface area contributed by atoms with E-state index in [9.17, 15) is 12.8 Å². The van der Waals surface area contributed by atoms with Crippen molar-refractivity contribution in [2.24, 2.45) is 0 Å². The summed E-state index contributed by atoms with van der Waals surface area (Å²) in [5.74, 6) is -0.852. The Balaban J connectivity index is 2.09. The van der Waals surface area contributed by atoms with Gasteiger partial charge in [0.05, 0.1) is 6.10 Å². The van der Waals surface area contributed by atoms with E-state index in [1.807, 2.05) is 0 Å². The van der Waals surface area contributed by atoms with Gasteiger partial charge in [0.15, 0.2) is 0 Å². The Morgan fingerprint density at radius 1 is 1.50 bits per heavy atom. The first-order valence-electron chi connectivity index (χ1n) is 5.65. The molecule has 1 saturated heterocycles. The molecule has 1 aromatic rings. The zero-order valence-corrected chi connectivity index (χ0v) is 10.5. The average molecular weight is 274 g/mol. The first-order valence-corrected chi connectivity index (χ1v) is 7.13. The van der Waals surface area contributed by atoms with Crippen molar-refractivity contribution in [2.45, 2.75) is 23.8 Å². The number of benzene rings is 1. The number of rotatable bonds is 4. The predicted octanol–water partition coefficient (Wildman–Crippen LogP) is 0.865. The molecule has 1 fully saturated rings. The van der Waals surface area contributed by atoms with E-state index in [2.05, 4.69) is 4.72 Å². The summed E-state index contributed by atoms with van der Waals surface area (Å²) in [4.78, 5) is -0.394. The molecule has 0 saturated carbocycles. The lowest BCUT2D eigenvalue weighted by Crippen LogP contribution is -2.32. The maximum atomic E-state index is 13.5. The van der Waals surface area contributed by atoms with Crippen LogP contribution in [0.1, 0.15) is 12.8 Å². The molecule has 1 atom stereocenters. The van der Waals surface area contributed by atoms with Crippen molar-refractivity contribution in [3.63, 3.8) is 0 Å². The monoisotopic (exact) mass is 274 g/mol. The molecule has 1 aromatic carbocycles. The maximum absolute atomic E-state index is 13.5. The highest BCUT2D eigenvalue weighted by Gasteiger charge is 2.22. The highest BCUT2D eigenvalue weighted by molar-refractivity contribution is 7.89. The van der Waals surface area contributed by atoms with E-state index in [0.717, 1.165) is 25.0 Å². The van der Waals surface area contributed by atoms with Gasteiger partial charge in [0.25, 0.3) is 0 Å². The first kappa shape index (κ1) is 13.3. The highest BCUT2D eigenvalue weighted by Crippen LogP contribution is 2.18. The Hall–Kier alpha value is -1.18. The molecule has 1 unspecified atom stereocenters. The van der Waals surface area contributed by atoms with Crippen molar-refractivity contribution < 1.29 is 17.5 Å². The van der Waals surface area contributed by atoms with Gasteiger partial charge >= 0.3 is 0 Å². The molecule has 1 aliphatic rings. The highest BCUT2D eigenvalue weighted by atomic mass is 32.2. The van der Waals surface area contributed by atoms with Crippen LogP contribution in [-0.4, -0.2) is 27.7 Å². The molecule has 0 radical (unpaired) electrons. The van der Waals surface area contributed by atoms with Crippen LogP contribution in [-0.2, 0) is 14.8 Å². The minimum atomic E-state index is -3.86. The molecular formula is C11H15FN2O3S. The zero-order chi connectivity index (χ0) is 13.2. The molecule has 100 valence electrons. The van der Waals surface area contributed by atoms with E-state index >= 15 is 0 Å². The van der Waals surface area contributed by atoms with Crippen LogP contribution < -0.4 is 10.5 Å². The first-order chi connectivity index (χ1) is 8.49. The van der Waals surface area contributed by atoms with E-state index in [-0.39, 0.29) is 18.3 Å². The molecule has 18 heavy (non-hydrogen) atoms. The van der Waals surface area contributed by atoms with Crippen molar-refractivity contribution in [2.75, 3.05) is 18.9 Å². The number of nitrogen functional groups attached to an aromatic ring is 1. The molecule has 0 aliphatic carbocycles. The van der Waals surface area contributed by atoms with E-state index in [4.69, 9.17) is 10.5 Å². The van der Waals surface area contributed by atoms with Gasteiger partial charge in [-0.25, -0.2) is 17.5 Å². The van der Waals surface area contributed by atoms with Gasteiger partial charge in [-0.05, 0) is 31.0 Å². The predicted molar refractivity (Wildman–Crippen MR) is 65.0 cm³/mol. The molecule has 0 spiro atoms. The van der Waals surface area contributed by atoms with Crippen molar-refractivity contribution in [1.82, 2.24) is 4.72 Å². The van der Waals surface area contributed by atoms with Crippen LogP contribution in [0.15, 0.2) is 23.1 Å². The Morgan fingerprint density at radius 3 is 2.89 bits per heavy atom. The second-order valence-corrected chi connectivity index (χ2v) is 5.91. The average Bonchev–Trinajstić information content (AvgIpc) is 2.78. The number of ether oxygens (including phenoxy) is 1. The second-order valence-electron chi connectivity index (χ2n) is 4.18.